The lowest BCUT2D eigenvalue weighted by Gasteiger charge is -2.43. The van der Waals surface area contributed by atoms with Crippen molar-refractivity contribution in [3.05, 3.63) is 94.3 Å². The minimum Gasteiger partial charge on any atom is -0.497 e. The summed E-state index contributed by atoms with van der Waals surface area (Å²) < 4.78 is 20.1. The van der Waals surface area contributed by atoms with Gasteiger partial charge in [-0.05, 0) is 47.5 Å². The van der Waals surface area contributed by atoms with Crippen LogP contribution in [0.4, 0.5) is 10.1 Å². The summed E-state index contributed by atoms with van der Waals surface area (Å²) in [5, 5.41) is 9.69. The summed E-state index contributed by atoms with van der Waals surface area (Å²) in [6, 6.07) is 22.6. The summed E-state index contributed by atoms with van der Waals surface area (Å²) >= 11 is 6.10. The van der Waals surface area contributed by atoms with Crippen LogP contribution in [0.25, 0.3) is 0 Å². The van der Waals surface area contributed by atoms with Gasteiger partial charge >= 0.3 is 0 Å². The Kier molecular flexibility index (Phi) is 6.41. The molecule has 4 rings (SSSR count). The van der Waals surface area contributed by atoms with E-state index < -0.39 is 0 Å². The molecule has 0 bridgehead atoms. The first-order chi connectivity index (χ1) is 15.1. The molecule has 1 aliphatic heterocycles. The summed E-state index contributed by atoms with van der Waals surface area (Å²) in [4.78, 5) is 4.48. The van der Waals surface area contributed by atoms with E-state index in [1.807, 2.05) is 48.5 Å². The highest BCUT2D eigenvalue weighted by Crippen LogP contribution is 2.34. The van der Waals surface area contributed by atoms with Crippen LogP contribution in [0.5, 0.6) is 5.75 Å². The lowest BCUT2D eigenvalue weighted by atomic mass is 10.0. The van der Waals surface area contributed by atoms with Gasteiger partial charge in [0.15, 0.2) is 0 Å². The minimum atomic E-state index is -0.293. The van der Waals surface area contributed by atoms with Crippen LogP contribution in [0, 0.1) is 17.1 Å². The SMILES string of the molecule is COc1ccc(N2CCN(Cc3ccc(C#N)cc3)C[C@H]2c2ccc(Cl)cc2)c(F)c1. The van der Waals surface area contributed by atoms with Gasteiger partial charge in [-0.25, -0.2) is 4.39 Å². The molecule has 1 saturated heterocycles. The quantitative estimate of drug-likeness (QED) is 0.536. The second-order valence-corrected chi connectivity index (χ2v) is 8.06. The van der Waals surface area contributed by atoms with Crippen LogP contribution >= 0.6 is 11.6 Å². The zero-order valence-electron chi connectivity index (χ0n) is 17.3. The Balaban J connectivity index is 1.60. The molecule has 1 atom stereocenters. The molecule has 1 heterocycles. The van der Waals surface area contributed by atoms with Gasteiger partial charge in [0, 0.05) is 37.3 Å². The number of anilines is 1. The molecule has 0 saturated carbocycles. The predicted molar refractivity (Wildman–Crippen MR) is 121 cm³/mol. The second kappa shape index (κ2) is 9.38. The number of methoxy groups -OCH3 is 1. The third kappa shape index (κ3) is 4.82. The highest BCUT2D eigenvalue weighted by Gasteiger charge is 2.30. The van der Waals surface area contributed by atoms with Crippen molar-refractivity contribution in [2.45, 2.75) is 12.6 Å². The standard InChI is InChI=1S/C25H23ClFN3O/c1-31-22-10-11-24(23(27)14-22)30-13-12-29(16-19-4-2-18(15-28)3-5-19)17-25(30)20-6-8-21(26)9-7-20/h2-11,14,25H,12-13,16-17H2,1H3/t25-/m0/s1. The zero-order valence-corrected chi connectivity index (χ0v) is 18.0. The minimum absolute atomic E-state index is 0.0210. The Hall–Kier alpha value is -3.07. The van der Waals surface area contributed by atoms with E-state index in [-0.39, 0.29) is 11.9 Å². The van der Waals surface area contributed by atoms with Crippen molar-refractivity contribution in [1.29, 1.82) is 5.26 Å². The van der Waals surface area contributed by atoms with E-state index >= 15 is 0 Å². The van der Waals surface area contributed by atoms with E-state index in [0.29, 0.717) is 28.6 Å². The van der Waals surface area contributed by atoms with Gasteiger partial charge in [-0.2, -0.15) is 5.26 Å². The Morgan fingerprint density at radius 2 is 1.81 bits per heavy atom. The smallest absolute Gasteiger partial charge is 0.150 e. The summed E-state index contributed by atoms with van der Waals surface area (Å²) in [5.74, 6) is 0.211. The molecule has 31 heavy (non-hydrogen) atoms. The van der Waals surface area contributed by atoms with E-state index in [1.54, 1.807) is 12.1 Å². The number of benzene rings is 3. The number of piperazine rings is 1. The summed E-state index contributed by atoms with van der Waals surface area (Å²) in [6.45, 7) is 3.00. The number of hydrogen-bond acceptors (Lipinski definition) is 4. The number of ether oxygens (including phenoxy) is 1. The molecule has 3 aromatic rings. The predicted octanol–water partition coefficient (Wildman–Crippen LogP) is 5.42. The average molecular weight is 436 g/mol. The van der Waals surface area contributed by atoms with Gasteiger partial charge in [0.25, 0.3) is 0 Å². The number of halogens is 2. The molecule has 0 amide bonds. The van der Waals surface area contributed by atoms with Gasteiger partial charge in [-0.15, -0.1) is 0 Å². The molecular weight excluding hydrogens is 413 g/mol. The largest absolute Gasteiger partial charge is 0.497 e. The number of hydrogen-bond donors (Lipinski definition) is 0. The van der Waals surface area contributed by atoms with E-state index in [1.165, 1.54) is 13.2 Å². The molecular formula is C25H23ClFN3O. The Bertz CT molecular complexity index is 1080. The van der Waals surface area contributed by atoms with Crippen LogP contribution in [0.1, 0.15) is 22.7 Å². The highest BCUT2D eigenvalue weighted by atomic mass is 35.5. The van der Waals surface area contributed by atoms with Crippen molar-refractivity contribution in [1.82, 2.24) is 4.90 Å². The first-order valence-corrected chi connectivity index (χ1v) is 10.5. The van der Waals surface area contributed by atoms with E-state index in [9.17, 15) is 4.39 Å². The number of nitrogens with zero attached hydrogens (tertiary/aromatic N) is 3. The first kappa shape index (κ1) is 21.2. The topological polar surface area (TPSA) is 39.5 Å². The summed E-state index contributed by atoms with van der Waals surface area (Å²) in [7, 11) is 1.53. The lowest BCUT2D eigenvalue weighted by molar-refractivity contribution is 0.215. The van der Waals surface area contributed by atoms with Crippen molar-refractivity contribution >= 4 is 17.3 Å². The fourth-order valence-electron chi connectivity index (χ4n) is 4.03. The monoisotopic (exact) mass is 435 g/mol. The maximum absolute atomic E-state index is 14.9. The van der Waals surface area contributed by atoms with Gasteiger partial charge in [0.1, 0.15) is 11.6 Å². The highest BCUT2D eigenvalue weighted by molar-refractivity contribution is 6.30. The molecule has 0 N–H and O–H groups in total. The van der Waals surface area contributed by atoms with Gasteiger partial charge in [-0.1, -0.05) is 35.9 Å². The normalized spacial score (nSPS) is 16.7. The van der Waals surface area contributed by atoms with Gasteiger partial charge < -0.3 is 9.64 Å². The van der Waals surface area contributed by atoms with Crippen LogP contribution in [-0.4, -0.2) is 31.6 Å². The van der Waals surface area contributed by atoms with Crippen molar-refractivity contribution < 1.29 is 9.13 Å². The zero-order chi connectivity index (χ0) is 21.8. The fraction of sp³-hybridized carbons (Fsp3) is 0.240. The summed E-state index contributed by atoms with van der Waals surface area (Å²) in [6.07, 6.45) is 0. The molecule has 4 nitrogen and oxygen atoms in total. The molecule has 6 heteroatoms. The van der Waals surface area contributed by atoms with E-state index in [0.717, 1.165) is 30.8 Å². The van der Waals surface area contributed by atoms with Gasteiger partial charge in [0.2, 0.25) is 0 Å². The molecule has 0 radical (unpaired) electrons. The van der Waals surface area contributed by atoms with Crippen LogP contribution in [0.2, 0.25) is 5.02 Å². The molecule has 0 unspecified atom stereocenters. The summed E-state index contributed by atoms with van der Waals surface area (Å²) in [5.41, 5.74) is 3.46. The Labute approximate surface area is 187 Å². The van der Waals surface area contributed by atoms with Crippen molar-refractivity contribution in [3.8, 4) is 11.8 Å². The average Bonchev–Trinajstić information content (AvgIpc) is 2.80. The van der Waals surface area contributed by atoms with E-state index in [4.69, 9.17) is 21.6 Å². The Morgan fingerprint density at radius 1 is 1.06 bits per heavy atom. The van der Waals surface area contributed by atoms with Crippen molar-refractivity contribution in [3.63, 3.8) is 0 Å². The third-order valence-corrected chi connectivity index (χ3v) is 5.92. The maximum Gasteiger partial charge on any atom is 0.150 e. The molecule has 1 aliphatic rings. The number of rotatable bonds is 5. The molecule has 0 spiro atoms. The third-order valence-electron chi connectivity index (χ3n) is 5.67. The molecule has 3 aromatic carbocycles. The fourth-order valence-corrected chi connectivity index (χ4v) is 4.16. The molecule has 1 fully saturated rings. The van der Waals surface area contributed by atoms with Crippen LogP contribution in [0.15, 0.2) is 66.7 Å². The van der Waals surface area contributed by atoms with Gasteiger partial charge in [0.05, 0.1) is 30.5 Å². The van der Waals surface area contributed by atoms with Crippen LogP contribution < -0.4 is 9.64 Å². The van der Waals surface area contributed by atoms with Crippen molar-refractivity contribution in [2.75, 3.05) is 31.6 Å². The second-order valence-electron chi connectivity index (χ2n) is 7.62. The Morgan fingerprint density at radius 3 is 2.45 bits per heavy atom. The maximum atomic E-state index is 14.9. The number of nitriles is 1. The van der Waals surface area contributed by atoms with Gasteiger partial charge in [-0.3, -0.25) is 4.90 Å². The van der Waals surface area contributed by atoms with Crippen molar-refractivity contribution in [2.24, 2.45) is 0 Å². The molecule has 158 valence electrons. The van der Waals surface area contributed by atoms with Crippen LogP contribution in [0.3, 0.4) is 0 Å². The lowest BCUT2D eigenvalue weighted by Crippen LogP contribution is -2.48. The van der Waals surface area contributed by atoms with Crippen LogP contribution in [-0.2, 0) is 6.54 Å². The first-order valence-electron chi connectivity index (χ1n) is 10.1. The molecule has 0 aliphatic carbocycles. The molecule has 0 aromatic heterocycles. The van der Waals surface area contributed by atoms with E-state index in [2.05, 4.69) is 15.9 Å².